The highest BCUT2D eigenvalue weighted by atomic mass is 16.5. The molecular weight excluding hydrogens is 342 g/mol. The number of anilines is 1. The van der Waals surface area contributed by atoms with Gasteiger partial charge in [-0.05, 0) is 25.7 Å². The van der Waals surface area contributed by atoms with Crippen LogP contribution in [-0.4, -0.2) is 47.3 Å². The second kappa shape index (κ2) is 6.30. The predicted octanol–water partition coefficient (Wildman–Crippen LogP) is 2.56. The molecule has 1 N–H and O–H groups in total. The van der Waals surface area contributed by atoms with Gasteiger partial charge in [-0.3, -0.25) is 4.79 Å². The number of aliphatic carboxylic acids is 1. The molecule has 0 saturated carbocycles. The Bertz CT molecular complexity index is 886. The van der Waals surface area contributed by atoms with Crippen molar-refractivity contribution in [1.29, 1.82) is 0 Å². The molecule has 2 aliphatic heterocycles. The van der Waals surface area contributed by atoms with E-state index in [-0.39, 0.29) is 5.92 Å². The van der Waals surface area contributed by atoms with Crippen LogP contribution in [0.3, 0.4) is 0 Å². The molecule has 2 atom stereocenters. The first-order chi connectivity index (χ1) is 13.2. The number of aromatic nitrogens is 2. The molecule has 2 aromatic rings. The zero-order valence-electron chi connectivity index (χ0n) is 15.2. The van der Waals surface area contributed by atoms with Gasteiger partial charge in [-0.25, -0.2) is 9.97 Å². The van der Waals surface area contributed by atoms with Gasteiger partial charge in [0.25, 0.3) is 0 Å². The molecule has 6 nitrogen and oxygen atoms in total. The van der Waals surface area contributed by atoms with Gasteiger partial charge in [-0.1, -0.05) is 30.3 Å². The minimum atomic E-state index is -0.721. The summed E-state index contributed by atoms with van der Waals surface area (Å²) in [6.45, 7) is 2.23. The zero-order valence-corrected chi connectivity index (χ0v) is 15.2. The van der Waals surface area contributed by atoms with E-state index in [1.165, 1.54) is 5.56 Å². The molecule has 2 saturated heterocycles. The first-order valence-corrected chi connectivity index (χ1v) is 9.69. The summed E-state index contributed by atoms with van der Waals surface area (Å²) >= 11 is 0. The third-order valence-electron chi connectivity index (χ3n) is 6.38. The van der Waals surface area contributed by atoms with Gasteiger partial charge in [0.2, 0.25) is 0 Å². The molecule has 1 aliphatic carbocycles. The van der Waals surface area contributed by atoms with Crippen LogP contribution in [0.2, 0.25) is 0 Å². The number of carboxylic acids is 1. The molecule has 0 unspecified atom stereocenters. The Morgan fingerprint density at radius 1 is 1.22 bits per heavy atom. The summed E-state index contributed by atoms with van der Waals surface area (Å²) < 4.78 is 5.61. The van der Waals surface area contributed by atoms with Crippen LogP contribution < -0.4 is 4.90 Å². The standard InChI is InChI=1S/C21H23N3O3/c25-20(26)21-9-10-27-12-15(21)11-24(13-21)19-16-7-4-8-17(16)22-18(23-19)14-5-2-1-3-6-14/h1-3,5-6,15H,4,7-13H2,(H,25,26)/t15-,21+/m1/s1. The van der Waals surface area contributed by atoms with Gasteiger partial charge in [0.05, 0.1) is 12.0 Å². The van der Waals surface area contributed by atoms with Crippen molar-refractivity contribution < 1.29 is 14.6 Å². The number of hydrogen-bond acceptors (Lipinski definition) is 5. The first-order valence-electron chi connectivity index (χ1n) is 9.69. The fraction of sp³-hybridized carbons (Fsp3) is 0.476. The number of hydrogen-bond donors (Lipinski definition) is 1. The number of carbonyl (C=O) groups is 1. The molecule has 27 heavy (non-hydrogen) atoms. The fourth-order valence-corrected chi connectivity index (χ4v) is 4.85. The summed E-state index contributed by atoms with van der Waals surface area (Å²) in [5, 5.41) is 9.97. The fourth-order valence-electron chi connectivity index (χ4n) is 4.85. The first kappa shape index (κ1) is 16.7. The van der Waals surface area contributed by atoms with Crippen molar-refractivity contribution in [2.75, 3.05) is 31.2 Å². The number of nitrogens with zero attached hydrogens (tertiary/aromatic N) is 3. The van der Waals surface area contributed by atoms with Crippen LogP contribution in [0.25, 0.3) is 11.4 Å². The Morgan fingerprint density at radius 3 is 2.85 bits per heavy atom. The van der Waals surface area contributed by atoms with Crippen LogP contribution in [0.4, 0.5) is 5.82 Å². The van der Waals surface area contributed by atoms with E-state index in [0.717, 1.165) is 42.2 Å². The minimum absolute atomic E-state index is 0.0101. The molecule has 0 spiro atoms. The average molecular weight is 365 g/mol. The summed E-state index contributed by atoms with van der Waals surface area (Å²) in [5.41, 5.74) is 2.60. The van der Waals surface area contributed by atoms with Gasteiger partial charge in [0.1, 0.15) is 5.82 Å². The Balaban J connectivity index is 1.57. The van der Waals surface area contributed by atoms with Crippen LogP contribution >= 0.6 is 0 Å². The number of fused-ring (bicyclic) bond motifs is 2. The number of benzene rings is 1. The Morgan fingerprint density at radius 2 is 2.07 bits per heavy atom. The van der Waals surface area contributed by atoms with Crippen LogP contribution in [0, 0.1) is 11.3 Å². The van der Waals surface area contributed by atoms with Crippen LogP contribution in [0.1, 0.15) is 24.1 Å². The predicted molar refractivity (Wildman–Crippen MR) is 101 cm³/mol. The third-order valence-corrected chi connectivity index (χ3v) is 6.38. The smallest absolute Gasteiger partial charge is 0.311 e. The molecule has 0 bridgehead atoms. The van der Waals surface area contributed by atoms with E-state index in [0.29, 0.717) is 32.7 Å². The molecule has 0 amide bonds. The van der Waals surface area contributed by atoms with Crippen molar-refractivity contribution in [1.82, 2.24) is 9.97 Å². The maximum atomic E-state index is 12.1. The van der Waals surface area contributed by atoms with Gasteiger partial charge in [-0.2, -0.15) is 0 Å². The molecule has 140 valence electrons. The monoisotopic (exact) mass is 365 g/mol. The van der Waals surface area contributed by atoms with E-state index in [1.54, 1.807) is 0 Å². The largest absolute Gasteiger partial charge is 0.481 e. The highest BCUT2D eigenvalue weighted by Gasteiger charge is 2.54. The van der Waals surface area contributed by atoms with Crippen LogP contribution in [0.5, 0.6) is 0 Å². The summed E-state index contributed by atoms with van der Waals surface area (Å²) in [7, 11) is 0. The van der Waals surface area contributed by atoms with E-state index in [2.05, 4.69) is 4.90 Å². The number of rotatable bonds is 3. The lowest BCUT2D eigenvalue weighted by Gasteiger charge is -2.34. The maximum Gasteiger partial charge on any atom is 0.311 e. The minimum Gasteiger partial charge on any atom is -0.481 e. The lowest BCUT2D eigenvalue weighted by Crippen LogP contribution is -2.44. The van der Waals surface area contributed by atoms with Crippen molar-refractivity contribution in [2.24, 2.45) is 11.3 Å². The van der Waals surface area contributed by atoms with E-state index in [9.17, 15) is 9.90 Å². The van der Waals surface area contributed by atoms with Gasteiger partial charge >= 0.3 is 5.97 Å². The number of aryl methyl sites for hydroxylation is 1. The zero-order chi connectivity index (χ0) is 18.4. The highest BCUT2D eigenvalue weighted by molar-refractivity contribution is 5.78. The number of carboxylic acid groups (broad SMARTS) is 1. The molecule has 3 aliphatic rings. The maximum absolute atomic E-state index is 12.1. The van der Waals surface area contributed by atoms with Crippen molar-refractivity contribution in [3.63, 3.8) is 0 Å². The average Bonchev–Trinajstić information content (AvgIpc) is 3.33. The SMILES string of the molecule is O=C(O)[C@]12CCOC[C@H]1CN(c1nc(-c3ccccc3)nc3c1CCC3)C2. The van der Waals surface area contributed by atoms with Gasteiger partial charge in [0.15, 0.2) is 5.82 Å². The lowest BCUT2D eigenvalue weighted by atomic mass is 9.74. The molecule has 3 heterocycles. The summed E-state index contributed by atoms with van der Waals surface area (Å²) in [6, 6.07) is 10.0. The second-order valence-corrected chi connectivity index (χ2v) is 7.88. The summed E-state index contributed by atoms with van der Waals surface area (Å²) in [6.07, 6.45) is 3.59. The van der Waals surface area contributed by atoms with Crippen molar-refractivity contribution >= 4 is 11.8 Å². The normalized spacial score (nSPS) is 26.7. The van der Waals surface area contributed by atoms with Crippen molar-refractivity contribution in [3.8, 4) is 11.4 Å². The van der Waals surface area contributed by atoms with Crippen LogP contribution in [0.15, 0.2) is 30.3 Å². The van der Waals surface area contributed by atoms with E-state index in [1.807, 2.05) is 30.3 Å². The lowest BCUT2D eigenvalue weighted by molar-refractivity contribution is -0.157. The summed E-state index contributed by atoms with van der Waals surface area (Å²) in [4.78, 5) is 24.1. The summed E-state index contributed by atoms with van der Waals surface area (Å²) in [5.74, 6) is 0.983. The Kier molecular flexibility index (Phi) is 3.90. The van der Waals surface area contributed by atoms with E-state index in [4.69, 9.17) is 14.7 Å². The highest BCUT2D eigenvalue weighted by Crippen LogP contribution is 2.45. The Labute approximate surface area is 158 Å². The van der Waals surface area contributed by atoms with Gasteiger partial charge in [0, 0.05) is 42.4 Å². The quantitative estimate of drug-likeness (QED) is 0.901. The van der Waals surface area contributed by atoms with E-state index >= 15 is 0 Å². The van der Waals surface area contributed by atoms with Crippen molar-refractivity contribution in [2.45, 2.75) is 25.7 Å². The molecule has 0 radical (unpaired) electrons. The van der Waals surface area contributed by atoms with Crippen LogP contribution in [-0.2, 0) is 22.4 Å². The third kappa shape index (κ3) is 2.62. The van der Waals surface area contributed by atoms with Crippen molar-refractivity contribution in [3.05, 3.63) is 41.6 Å². The van der Waals surface area contributed by atoms with E-state index < -0.39 is 11.4 Å². The Hall–Kier alpha value is -2.47. The molecule has 5 rings (SSSR count). The molecule has 1 aromatic heterocycles. The molecular formula is C21H23N3O3. The van der Waals surface area contributed by atoms with Gasteiger partial charge in [-0.15, -0.1) is 0 Å². The number of ether oxygens (including phenoxy) is 1. The topological polar surface area (TPSA) is 75.6 Å². The second-order valence-electron chi connectivity index (χ2n) is 7.88. The van der Waals surface area contributed by atoms with Gasteiger partial charge < -0.3 is 14.7 Å². The molecule has 2 fully saturated rings. The molecule has 1 aromatic carbocycles. The molecule has 6 heteroatoms.